The third-order valence-electron chi connectivity index (χ3n) is 4.78. The van der Waals surface area contributed by atoms with E-state index in [1.165, 1.54) is 30.3 Å². The summed E-state index contributed by atoms with van der Waals surface area (Å²) < 4.78 is 26.5. The van der Waals surface area contributed by atoms with Gasteiger partial charge < -0.3 is 10.1 Å². The zero-order valence-electron chi connectivity index (χ0n) is 16.4. The van der Waals surface area contributed by atoms with Crippen LogP contribution in [0.4, 0.5) is 5.69 Å². The Morgan fingerprint density at radius 1 is 1.19 bits per heavy atom. The number of rotatable bonds is 8. The molecule has 0 unspecified atom stereocenters. The predicted octanol–water partition coefficient (Wildman–Crippen LogP) is 2.77. The highest BCUT2D eigenvalue weighted by Crippen LogP contribution is 2.32. The molecule has 0 atom stereocenters. The Hall–Kier alpha value is -3.73. The van der Waals surface area contributed by atoms with Crippen LogP contribution in [-0.4, -0.2) is 35.3 Å². The first-order valence-electron chi connectivity index (χ1n) is 9.30. The van der Waals surface area contributed by atoms with Crippen LogP contribution in [0.5, 0.6) is 0 Å². The molecule has 0 spiro atoms. The van der Waals surface area contributed by atoms with E-state index in [0.717, 1.165) is 0 Å². The van der Waals surface area contributed by atoms with E-state index < -0.39 is 26.8 Å². The van der Waals surface area contributed by atoms with Gasteiger partial charge >= 0.3 is 5.97 Å². The standard InChI is InChI=1S/C20H19N3O7S/c1-2-12-10-15-14(19(20(25)26)21-18(15)16(11-12)23(27)28)8-9-17(24)22-31(29,30)13-6-4-3-5-7-13/h3-7,10-11,21H,2,8-9H2,1H3,(H,22,24)(H,25,26). The van der Waals surface area contributed by atoms with Gasteiger partial charge in [-0.15, -0.1) is 0 Å². The van der Waals surface area contributed by atoms with Crippen molar-refractivity contribution >= 4 is 38.5 Å². The van der Waals surface area contributed by atoms with Gasteiger partial charge in [0.15, 0.2) is 0 Å². The number of aryl methyl sites for hydroxylation is 2. The minimum absolute atomic E-state index is 0.0481. The Kier molecular flexibility index (Phi) is 6.07. The van der Waals surface area contributed by atoms with Crippen LogP contribution in [0.2, 0.25) is 0 Å². The number of non-ortho nitro benzene ring substituents is 1. The molecule has 1 aromatic heterocycles. The van der Waals surface area contributed by atoms with E-state index in [0.29, 0.717) is 17.4 Å². The molecule has 0 bridgehead atoms. The molecule has 1 heterocycles. The Labute approximate surface area is 177 Å². The van der Waals surface area contributed by atoms with Crippen LogP contribution in [0.1, 0.15) is 35.0 Å². The van der Waals surface area contributed by atoms with Gasteiger partial charge in [0.25, 0.3) is 15.7 Å². The molecule has 0 aliphatic rings. The topological polar surface area (TPSA) is 159 Å². The van der Waals surface area contributed by atoms with Gasteiger partial charge in [0.1, 0.15) is 11.2 Å². The van der Waals surface area contributed by atoms with Crippen molar-refractivity contribution in [3.05, 3.63) is 69.4 Å². The Bertz CT molecular complexity index is 1280. The van der Waals surface area contributed by atoms with Crippen molar-refractivity contribution in [1.29, 1.82) is 0 Å². The quantitative estimate of drug-likeness (QED) is 0.355. The summed E-state index contributed by atoms with van der Waals surface area (Å²) in [7, 11) is -4.06. The normalized spacial score (nSPS) is 11.4. The van der Waals surface area contributed by atoms with Crippen LogP contribution >= 0.6 is 0 Å². The van der Waals surface area contributed by atoms with Crippen molar-refractivity contribution in [3.63, 3.8) is 0 Å². The minimum atomic E-state index is -4.06. The molecule has 0 fully saturated rings. The first-order chi connectivity index (χ1) is 14.6. The van der Waals surface area contributed by atoms with Gasteiger partial charge in [-0.05, 0) is 42.2 Å². The van der Waals surface area contributed by atoms with Gasteiger partial charge in [0, 0.05) is 17.9 Å². The Morgan fingerprint density at radius 3 is 2.45 bits per heavy atom. The number of nitro groups is 1. The molecule has 3 rings (SSSR count). The van der Waals surface area contributed by atoms with Crippen molar-refractivity contribution in [2.45, 2.75) is 31.1 Å². The van der Waals surface area contributed by atoms with Crippen molar-refractivity contribution in [2.24, 2.45) is 0 Å². The highest BCUT2D eigenvalue weighted by Gasteiger charge is 2.25. The van der Waals surface area contributed by atoms with E-state index in [2.05, 4.69) is 4.98 Å². The molecule has 1 amide bonds. The van der Waals surface area contributed by atoms with Crippen molar-refractivity contribution in [3.8, 4) is 0 Å². The van der Waals surface area contributed by atoms with Gasteiger partial charge in [-0.3, -0.25) is 14.9 Å². The number of sulfonamides is 1. The number of aromatic carboxylic acids is 1. The summed E-state index contributed by atoms with van der Waals surface area (Å²) in [6.07, 6.45) is 0.0329. The molecule has 162 valence electrons. The summed E-state index contributed by atoms with van der Waals surface area (Å²) in [6, 6.07) is 10.3. The number of fused-ring (bicyclic) bond motifs is 1. The maximum atomic E-state index is 12.3. The molecule has 0 radical (unpaired) electrons. The number of carboxylic acid groups (broad SMARTS) is 1. The molecule has 11 heteroatoms. The summed E-state index contributed by atoms with van der Waals surface area (Å²) in [5.41, 5.74) is 0.344. The van der Waals surface area contributed by atoms with Crippen LogP contribution < -0.4 is 4.72 Å². The lowest BCUT2D eigenvalue weighted by molar-refractivity contribution is -0.383. The second-order valence-electron chi connectivity index (χ2n) is 6.77. The number of nitrogens with one attached hydrogen (secondary N) is 2. The number of aromatic amines is 1. The predicted molar refractivity (Wildman–Crippen MR) is 111 cm³/mol. The largest absolute Gasteiger partial charge is 0.477 e. The first-order valence-corrected chi connectivity index (χ1v) is 10.8. The first kappa shape index (κ1) is 22.0. The third-order valence-corrected chi connectivity index (χ3v) is 6.17. The molecule has 0 saturated carbocycles. The van der Waals surface area contributed by atoms with Crippen molar-refractivity contribution in [1.82, 2.24) is 9.71 Å². The molecule has 31 heavy (non-hydrogen) atoms. The smallest absolute Gasteiger partial charge is 0.352 e. The molecule has 0 aliphatic heterocycles. The van der Waals surface area contributed by atoms with E-state index in [9.17, 15) is 33.2 Å². The van der Waals surface area contributed by atoms with Crippen LogP contribution in [0.3, 0.4) is 0 Å². The zero-order valence-corrected chi connectivity index (χ0v) is 17.2. The highest BCUT2D eigenvalue weighted by molar-refractivity contribution is 7.90. The summed E-state index contributed by atoms with van der Waals surface area (Å²) in [5, 5.41) is 21.3. The van der Waals surface area contributed by atoms with E-state index >= 15 is 0 Å². The monoisotopic (exact) mass is 445 g/mol. The van der Waals surface area contributed by atoms with Gasteiger partial charge in [-0.2, -0.15) is 0 Å². The average molecular weight is 445 g/mol. The molecule has 2 aromatic carbocycles. The van der Waals surface area contributed by atoms with Crippen LogP contribution in [0, 0.1) is 10.1 Å². The van der Waals surface area contributed by atoms with E-state index in [-0.39, 0.29) is 40.2 Å². The summed E-state index contributed by atoms with van der Waals surface area (Å²) >= 11 is 0. The number of hydrogen-bond acceptors (Lipinski definition) is 6. The fourth-order valence-corrected chi connectivity index (χ4v) is 4.31. The van der Waals surface area contributed by atoms with Crippen LogP contribution in [0.25, 0.3) is 10.9 Å². The third kappa shape index (κ3) is 4.56. The molecule has 3 aromatic rings. The molecule has 3 N–H and O–H groups in total. The number of carbonyl (C=O) groups is 2. The van der Waals surface area contributed by atoms with Gasteiger partial charge in [0.2, 0.25) is 5.91 Å². The summed E-state index contributed by atoms with van der Waals surface area (Å²) in [4.78, 5) is 37.3. The summed E-state index contributed by atoms with van der Waals surface area (Å²) in [6.45, 7) is 1.80. The zero-order chi connectivity index (χ0) is 22.8. The SMILES string of the molecule is CCc1cc([N+](=O)[O-])c2[nH]c(C(=O)O)c(CCC(=O)NS(=O)(=O)c3ccccc3)c2c1. The van der Waals surface area contributed by atoms with E-state index in [1.54, 1.807) is 19.1 Å². The number of carbonyl (C=O) groups excluding carboxylic acids is 1. The molecular formula is C20H19N3O7S. The number of H-pyrrole nitrogens is 1. The van der Waals surface area contributed by atoms with Crippen LogP contribution in [-0.2, 0) is 27.7 Å². The fraction of sp³-hybridized carbons (Fsp3) is 0.200. The molecular weight excluding hydrogens is 426 g/mol. The molecule has 10 nitrogen and oxygen atoms in total. The maximum absolute atomic E-state index is 12.3. The highest BCUT2D eigenvalue weighted by atomic mass is 32.2. The number of hydrogen-bond donors (Lipinski definition) is 3. The number of benzene rings is 2. The van der Waals surface area contributed by atoms with E-state index in [1.807, 2.05) is 4.72 Å². The van der Waals surface area contributed by atoms with Crippen molar-refractivity contribution < 1.29 is 28.0 Å². The van der Waals surface area contributed by atoms with Crippen molar-refractivity contribution in [2.75, 3.05) is 0 Å². The Balaban J connectivity index is 1.93. The van der Waals surface area contributed by atoms with Gasteiger partial charge in [0.05, 0.1) is 9.82 Å². The number of nitrogens with zero attached hydrogens (tertiary/aromatic N) is 1. The van der Waals surface area contributed by atoms with Gasteiger partial charge in [-0.1, -0.05) is 25.1 Å². The molecule has 0 saturated heterocycles. The second-order valence-corrected chi connectivity index (χ2v) is 8.46. The lowest BCUT2D eigenvalue weighted by atomic mass is 10.0. The lowest BCUT2D eigenvalue weighted by Gasteiger charge is -2.07. The number of aromatic nitrogens is 1. The second kappa shape index (κ2) is 8.56. The Morgan fingerprint density at radius 2 is 1.87 bits per heavy atom. The average Bonchev–Trinajstić information content (AvgIpc) is 3.10. The fourth-order valence-electron chi connectivity index (χ4n) is 3.28. The minimum Gasteiger partial charge on any atom is -0.477 e. The van der Waals surface area contributed by atoms with Crippen LogP contribution in [0.15, 0.2) is 47.4 Å². The van der Waals surface area contributed by atoms with Gasteiger partial charge in [-0.25, -0.2) is 17.9 Å². The number of nitro benzene ring substituents is 1. The molecule has 0 aliphatic carbocycles. The maximum Gasteiger partial charge on any atom is 0.352 e. The van der Waals surface area contributed by atoms with E-state index in [4.69, 9.17) is 0 Å². The lowest BCUT2D eigenvalue weighted by Crippen LogP contribution is -2.30. The summed E-state index contributed by atoms with van der Waals surface area (Å²) in [5.74, 6) is -2.16. The number of carboxylic acids is 1. The number of amides is 1.